The Balaban J connectivity index is 1.68. The summed E-state index contributed by atoms with van der Waals surface area (Å²) >= 11 is 0. The number of hydrogen-bond acceptors (Lipinski definition) is 3. The van der Waals surface area contributed by atoms with Crippen molar-refractivity contribution in [3.05, 3.63) is 48.2 Å². The van der Waals surface area contributed by atoms with E-state index in [0.29, 0.717) is 19.4 Å². The molecule has 3 atom stereocenters. The van der Waals surface area contributed by atoms with E-state index in [1.165, 1.54) is 10.3 Å². The highest BCUT2D eigenvalue weighted by Gasteiger charge is 2.47. The summed E-state index contributed by atoms with van der Waals surface area (Å²) in [6.45, 7) is 0.408. The van der Waals surface area contributed by atoms with Crippen LogP contribution in [-0.2, 0) is 16.6 Å². The summed E-state index contributed by atoms with van der Waals surface area (Å²) in [7, 11) is 6.04. The van der Waals surface area contributed by atoms with E-state index in [4.69, 9.17) is 0 Å². The summed E-state index contributed by atoms with van der Waals surface area (Å²) in [5.41, 5.74) is 2.31. The van der Waals surface area contributed by atoms with Gasteiger partial charge in [-0.1, -0.05) is 30.4 Å². The van der Waals surface area contributed by atoms with E-state index in [-0.39, 0.29) is 29.7 Å². The van der Waals surface area contributed by atoms with Crippen LogP contribution in [-0.4, -0.2) is 46.8 Å². The lowest BCUT2D eigenvalue weighted by molar-refractivity contribution is -0.140. The molecule has 2 aliphatic rings. The van der Waals surface area contributed by atoms with E-state index >= 15 is 0 Å². The van der Waals surface area contributed by atoms with Crippen LogP contribution in [0.1, 0.15) is 24.4 Å². The van der Waals surface area contributed by atoms with Crippen LogP contribution in [0.25, 0.3) is 10.9 Å². The number of fused-ring (bicyclic) bond motifs is 2. The topological polar surface area (TPSA) is 45.6 Å². The van der Waals surface area contributed by atoms with Crippen LogP contribution < -0.4 is 0 Å². The zero-order valence-electron chi connectivity index (χ0n) is 15.6. The number of aromatic nitrogens is 1. The second-order valence-corrected chi connectivity index (χ2v) is 7.63. The van der Waals surface area contributed by atoms with Gasteiger partial charge in [0.2, 0.25) is 11.8 Å². The lowest BCUT2D eigenvalue weighted by atomic mass is 9.85. The molecule has 1 aromatic heterocycles. The largest absolute Gasteiger partial charge is 0.350 e. The van der Waals surface area contributed by atoms with E-state index in [0.717, 1.165) is 11.1 Å². The molecule has 4 rings (SSSR count). The average Bonchev–Trinajstić information content (AvgIpc) is 3.09. The molecule has 2 heterocycles. The van der Waals surface area contributed by atoms with Gasteiger partial charge in [0, 0.05) is 30.7 Å². The minimum atomic E-state index is -0.164. The molecule has 26 heavy (non-hydrogen) atoms. The number of benzene rings is 1. The van der Waals surface area contributed by atoms with Gasteiger partial charge in [0.05, 0.1) is 17.9 Å². The lowest BCUT2D eigenvalue weighted by Crippen LogP contribution is -2.39. The lowest BCUT2D eigenvalue weighted by Gasteiger charge is -2.28. The second kappa shape index (κ2) is 6.40. The van der Waals surface area contributed by atoms with Crippen molar-refractivity contribution < 1.29 is 9.59 Å². The van der Waals surface area contributed by atoms with Gasteiger partial charge in [-0.25, -0.2) is 0 Å². The zero-order chi connectivity index (χ0) is 18.4. The van der Waals surface area contributed by atoms with E-state index in [9.17, 15) is 9.59 Å². The summed E-state index contributed by atoms with van der Waals surface area (Å²) in [6, 6.07) is 8.24. The van der Waals surface area contributed by atoms with Crippen molar-refractivity contribution in [2.45, 2.75) is 18.9 Å². The highest BCUT2D eigenvalue weighted by molar-refractivity contribution is 6.05. The number of likely N-dealkylation sites (tertiary alicyclic amines) is 1. The first kappa shape index (κ1) is 17.0. The molecule has 2 aromatic rings. The van der Waals surface area contributed by atoms with Crippen molar-refractivity contribution in [3.8, 4) is 0 Å². The summed E-state index contributed by atoms with van der Waals surface area (Å²) in [6.07, 6.45) is 7.56. The number of hydrogen-bond donors (Lipinski definition) is 0. The Morgan fingerprint density at radius 3 is 2.31 bits per heavy atom. The minimum absolute atomic E-state index is 0.00330. The fourth-order valence-corrected chi connectivity index (χ4v) is 4.40. The fourth-order valence-electron chi connectivity index (χ4n) is 4.40. The Hall–Kier alpha value is -2.40. The Bertz CT molecular complexity index is 870. The van der Waals surface area contributed by atoms with E-state index in [1.54, 1.807) is 0 Å². The molecule has 2 amide bonds. The minimum Gasteiger partial charge on any atom is -0.350 e. The van der Waals surface area contributed by atoms with E-state index in [2.05, 4.69) is 27.8 Å². The van der Waals surface area contributed by atoms with Gasteiger partial charge in [0.25, 0.3) is 0 Å². The first-order valence-corrected chi connectivity index (χ1v) is 9.19. The number of carbonyl (C=O) groups excluding carboxylic acids is 2. The summed E-state index contributed by atoms with van der Waals surface area (Å²) in [4.78, 5) is 29.3. The van der Waals surface area contributed by atoms with Crippen molar-refractivity contribution in [2.24, 2.45) is 18.9 Å². The molecular weight excluding hydrogens is 326 g/mol. The van der Waals surface area contributed by atoms with E-state index in [1.807, 2.05) is 45.4 Å². The van der Waals surface area contributed by atoms with Gasteiger partial charge >= 0.3 is 0 Å². The van der Waals surface area contributed by atoms with Crippen LogP contribution in [0.5, 0.6) is 0 Å². The van der Waals surface area contributed by atoms with Crippen LogP contribution in [0.2, 0.25) is 0 Å². The summed E-state index contributed by atoms with van der Waals surface area (Å²) in [5.74, 6) is -0.335. The maximum atomic E-state index is 12.9. The molecule has 1 fully saturated rings. The molecule has 0 saturated carbocycles. The molecule has 0 N–H and O–H groups in total. The Labute approximate surface area is 153 Å². The third-order valence-electron chi connectivity index (χ3n) is 5.86. The molecule has 136 valence electrons. The van der Waals surface area contributed by atoms with Gasteiger partial charge < -0.3 is 9.47 Å². The smallest absolute Gasteiger partial charge is 0.233 e. The van der Waals surface area contributed by atoms with Crippen LogP contribution in [0, 0.1) is 11.8 Å². The monoisotopic (exact) mass is 351 g/mol. The third kappa shape index (κ3) is 2.58. The van der Waals surface area contributed by atoms with Gasteiger partial charge in [-0.3, -0.25) is 14.5 Å². The first-order chi connectivity index (χ1) is 12.5. The molecule has 1 aliphatic carbocycles. The molecule has 5 nitrogen and oxygen atoms in total. The standard InChI is InChI=1S/C21H25N3O2/c1-22(2)19(17-12-23(3)18-11-7-6-8-14(17)18)13-24-20(25)15-9-4-5-10-16(15)21(24)26/h4-8,11-12,15-16,19H,9-10,13H2,1-3H3/t15-,16+,19-/m0/s1. The van der Waals surface area contributed by atoms with Gasteiger partial charge in [0.15, 0.2) is 0 Å². The van der Waals surface area contributed by atoms with Crippen LogP contribution >= 0.6 is 0 Å². The Morgan fingerprint density at radius 2 is 1.69 bits per heavy atom. The van der Waals surface area contributed by atoms with Crippen molar-refractivity contribution in [3.63, 3.8) is 0 Å². The predicted molar refractivity (Wildman–Crippen MR) is 101 cm³/mol. The van der Waals surface area contributed by atoms with E-state index < -0.39 is 0 Å². The number of imide groups is 1. The Morgan fingerprint density at radius 1 is 1.08 bits per heavy atom. The number of amides is 2. The maximum Gasteiger partial charge on any atom is 0.233 e. The van der Waals surface area contributed by atoms with Crippen LogP contribution in [0.3, 0.4) is 0 Å². The number of nitrogens with zero attached hydrogens (tertiary/aromatic N) is 3. The van der Waals surface area contributed by atoms with Gasteiger partial charge in [-0.05, 0) is 38.6 Å². The maximum absolute atomic E-state index is 12.9. The number of likely N-dealkylation sites (N-methyl/N-ethyl adjacent to an activating group) is 1. The molecule has 0 bridgehead atoms. The first-order valence-electron chi connectivity index (χ1n) is 9.19. The van der Waals surface area contributed by atoms with Crippen LogP contribution in [0.15, 0.2) is 42.6 Å². The molecule has 0 unspecified atom stereocenters. The van der Waals surface area contributed by atoms with Crippen molar-refractivity contribution in [1.82, 2.24) is 14.4 Å². The third-order valence-corrected chi connectivity index (χ3v) is 5.86. The van der Waals surface area contributed by atoms with Crippen LogP contribution in [0.4, 0.5) is 0 Å². The SMILES string of the molecule is CN(C)[C@@H](CN1C(=O)[C@H]2CC=CC[C@H]2C1=O)c1cn(C)c2ccccc12. The number of para-hydroxylation sites is 1. The number of rotatable bonds is 4. The van der Waals surface area contributed by atoms with Crippen molar-refractivity contribution in [2.75, 3.05) is 20.6 Å². The molecule has 0 radical (unpaired) electrons. The van der Waals surface area contributed by atoms with Crippen molar-refractivity contribution in [1.29, 1.82) is 0 Å². The zero-order valence-corrected chi connectivity index (χ0v) is 15.6. The quantitative estimate of drug-likeness (QED) is 0.628. The Kier molecular flexibility index (Phi) is 4.19. The number of carbonyl (C=O) groups is 2. The normalized spacial score (nSPS) is 23.9. The summed E-state index contributed by atoms with van der Waals surface area (Å²) in [5, 5.41) is 1.17. The molecule has 5 heteroatoms. The van der Waals surface area contributed by atoms with Gasteiger partial charge in [0.1, 0.15) is 0 Å². The molecule has 1 aliphatic heterocycles. The molecular formula is C21H25N3O2. The summed E-state index contributed by atoms with van der Waals surface area (Å²) < 4.78 is 2.11. The van der Waals surface area contributed by atoms with Gasteiger partial charge in [-0.2, -0.15) is 0 Å². The fraction of sp³-hybridized carbons (Fsp3) is 0.429. The number of allylic oxidation sites excluding steroid dienone is 2. The molecule has 0 spiro atoms. The highest BCUT2D eigenvalue weighted by atomic mass is 16.2. The average molecular weight is 351 g/mol. The second-order valence-electron chi connectivity index (χ2n) is 7.63. The molecule has 1 saturated heterocycles. The van der Waals surface area contributed by atoms with Gasteiger partial charge in [-0.15, -0.1) is 0 Å². The molecule has 1 aromatic carbocycles. The number of aryl methyl sites for hydroxylation is 1. The highest BCUT2D eigenvalue weighted by Crippen LogP contribution is 2.37. The van der Waals surface area contributed by atoms with Crippen molar-refractivity contribution >= 4 is 22.7 Å². The predicted octanol–water partition coefficient (Wildman–Crippen LogP) is 2.73.